The van der Waals surface area contributed by atoms with Crippen molar-refractivity contribution in [3.63, 3.8) is 0 Å². The van der Waals surface area contributed by atoms with Crippen LogP contribution in [0.15, 0.2) is 69.9 Å². The van der Waals surface area contributed by atoms with E-state index < -0.39 is 11.8 Å². The Morgan fingerprint density at radius 3 is 2.46 bits per heavy atom. The molecule has 35 heavy (non-hydrogen) atoms. The molecule has 1 spiro atoms. The third-order valence-corrected chi connectivity index (χ3v) is 6.63. The summed E-state index contributed by atoms with van der Waals surface area (Å²) in [4.78, 5) is 43.0. The normalized spacial score (nSPS) is 19.2. The van der Waals surface area contributed by atoms with Crippen LogP contribution >= 0.6 is 0 Å². The van der Waals surface area contributed by atoms with Crippen LogP contribution in [0.2, 0.25) is 0 Å². The average Bonchev–Trinajstić information content (AvgIpc) is 3.64. The van der Waals surface area contributed by atoms with Crippen molar-refractivity contribution in [1.29, 1.82) is 0 Å². The van der Waals surface area contributed by atoms with Crippen LogP contribution in [-0.2, 0) is 16.1 Å². The molecular formula is C26H27N3O6. The molecule has 4 heterocycles. The number of amides is 3. The quantitative estimate of drug-likeness (QED) is 0.606. The number of piperidine rings is 1. The lowest BCUT2D eigenvalue weighted by Crippen LogP contribution is -2.59. The molecule has 1 atom stereocenters. The first-order chi connectivity index (χ1) is 17.0. The molecule has 9 heteroatoms. The third-order valence-electron chi connectivity index (χ3n) is 6.63. The van der Waals surface area contributed by atoms with Gasteiger partial charge in [0.2, 0.25) is 5.91 Å². The molecule has 0 saturated carbocycles. The summed E-state index contributed by atoms with van der Waals surface area (Å²) in [7, 11) is 0. The number of hydrogen-bond donors (Lipinski definition) is 1. The number of aryl methyl sites for hydroxylation is 1. The largest absolute Gasteiger partial charge is 0.467 e. The summed E-state index contributed by atoms with van der Waals surface area (Å²) in [6.45, 7) is 2.95. The van der Waals surface area contributed by atoms with Crippen molar-refractivity contribution in [3.8, 4) is 0 Å². The maximum Gasteiger partial charge on any atom is 0.289 e. The van der Waals surface area contributed by atoms with Gasteiger partial charge in [-0.1, -0.05) is 17.7 Å². The van der Waals surface area contributed by atoms with Gasteiger partial charge in [0.1, 0.15) is 17.5 Å². The third kappa shape index (κ3) is 4.46. The Balaban J connectivity index is 1.37. The maximum absolute atomic E-state index is 13.8. The van der Waals surface area contributed by atoms with Gasteiger partial charge in [0, 0.05) is 31.5 Å². The van der Waals surface area contributed by atoms with Gasteiger partial charge in [-0.05, 0) is 43.3 Å². The second-order valence-electron chi connectivity index (χ2n) is 8.88. The average molecular weight is 478 g/mol. The molecule has 3 amide bonds. The Morgan fingerprint density at radius 2 is 1.77 bits per heavy atom. The summed E-state index contributed by atoms with van der Waals surface area (Å²) in [5.74, 6) is 0.111. The van der Waals surface area contributed by atoms with Crippen LogP contribution in [0, 0.1) is 6.92 Å². The number of furan rings is 2. The summed E-state index contributed by atoms with van der Waals surface area (Å²) in [6, 6.07) is 13.3. The number of benzene rings is 1. The summed E-state index contributed by atoms with van der Waals surface area (Å²) >= 11 is 0. The van der Waals surface area contributed by atoms with Crippen LogP contribution < -0.4 is 5.32 Å². The van der Waals surface area contributed by atoms with E-state index >= 15 is 0 Å². The van der Waals surface area contributed by atoms with E-state index in [1.807, 2.05) is 25.1 Å². The number of nitrogens with one attached hydrogen (secondary N) is 1. The Bertz CT molecular complexity index is 1200. The van der Waals surface area contributed by atoms with Crippen LogP contribution in [0.3, 0.4) is 0 Å². The number of carbonyl (C=O) groups is 3. The van der Waals surface area contributed by atoms with E-state index in [1.54, 1.807) is 46.4 Å². The zero-order valence-corrected chi connectivity index (χ0v) is 19.4. The summed E-state index contributed by atoms with van der Waals surface area (Å²) in [6.07, 6.45) is 3.78. The fourth-order valence-electron chi connectivity index (χ4n) is 4.80. The molecule has 2 fully saturated rings. The van der Waals surface area contributed by atoms with Crippen molar-refractivity contribution in [2.45, 2.75) is 38.1 Å². The van der Waals surface area contributed by atoms with Crippen LogP contribution in [0.5, 0.6) is 0 Å². The molecule has 1 N–H and O–H groups in total. The second kappa shape index (κ2) is 9.42. The molecule has 1 unspecified atom stereocenters. The molecule has 5 rings (SSSR count). The Hall–Kier alpha value is -3.85. The minimum atomic E-state index is -0.979. The van der Waals surface area contributed by atoms with Crippen molar-refractivity contribution >= 4 is 17.7 Å². The number of rotatable bonds is 5. The van der Waals surface area contributed by atoms with Crippen molar-refractivity contribution in [3.05, 3.63) is 83.7 Å². The van der Waals surface area contributed by atoms with Crippen molar-refractivity contribution in [1.82, 2.24) is 15.1 Å². The summed E-state index contributed by atoms with van der Waals surface area (Å²) < 4.78 is 16.8. The molecule has 182 valence electrons. The molecule has 0 bridgehead atoms. The first kappa shape index (κ1) is 22.9. The van der Waals surface area contributed by atoms with Crippen LogP contribution in [0.1, 0.15) is 45.1 Å². The van der Waals surface area contributed by atoms with E-state index in [2.05, 4.69) is 5.32 Å². The highest BCUT2D eigenvalue weighted by Gasteiger charge is 2.54. The van der Waals surface area contributed by atoms with Gasteiger partial charge in [0.25, 0.3) is 11.8 Å². The van der Waals surface area contributed by atoms with Gasteiger partial charge in [0.05, 0.1) is 25.7 Å². The van der Waals surface area contributed by atoms with E-state index in [9.17, 15) is 14.4 Å². The first-order valence-corrected chi connectivity index (χ1v) is 11.6. The number of hydrogen-bond acceptors (Lipinski definition) is 6. The number of nitrogens with zero attached hydrogens (tertiary/aromatic N) is 2. The molecular weight excluding hydrogens is 450 g/mol. The Morgan fingerprint density at radius 1 is 1.00 bits per heavy atom. The Kier molecular flexibility index (Phi) is 6.17. The van der Waals surface area contributed by atoms with E-state index in [0.29, 0.717) is 37.3 Å². The highest BCUT2D eigenvalue weighted by molar-refractivity contribution is 5.98. The zero-order valence-electron chi connectivity index (χ0n) is 19.4. The van der Waals surface area contributed by atoms with Gasteiger partial charge in [-0.25, -0.2) is 0 Å². The SMILES string of the molecule is Cc1cccc(C(=O)N2C(C(=O)NCc3ccco3)COC23CCN(C(=O)c2ccco2)CC3)c1. The lowest BCUT2D eigenvalue weighted by atomic mass is 9.96. The van der Waals surface area contributed by atoms with Gasteiger partial charge < -0.3 is 23.8 Å². The van der Waals surface area contributed by atoms with Gasteiger partial charge in [0.15, 0.2) is 5.76 Å². The summed E-state index contributed by atoms with van der Waals surface area (Å²) in [5, 5.41) is 2.86. The molecule has 1 aromatic carbocycles. The molecule has 2 aromatic heterocycles. The minimum Gasteiger partial charge on any atom is -0.467 e. The van der Waals surface area contributed by atoms with E-state index in [1.165, 1.54) is 6.26 Å². The van der Waals surface area contributed by atoms with Gasteiger partial charge in [-0.3, -0.25) is 19.3 Å². The maximum atomic E-state index is 13.8. The molecule has 9 nitrogen and oxygen atoms in total. The topological polar surface area (TPSA) is 105 Å². The van der Waals surface area contributed by atoms with Crippen LogP contribution in [0.25, 0.3) is 0 Å². The second-order valence-corrected chi connectivity index (χ2v) is 8.88. The number of likely N-dealkylation sites (tertiary alicyclic amines) is 1. The fourth-order valence-corrected chi connectivity index (χ4v) is 4.80. The minimum absolute atomic E-state index is 0.0771. The number of carbonyl (C=O) groups excluding carboxylic acids is 3. The van der Waals surface area contributed by atoms with Crippen molar-refractivity contribution < 1.29 is 28.0 Å². The molecule has 0 radical (unpaired) electrons. The highest BCUT2D eigenvalue weighted by atomic mass is 16.5. The smallest absolute Gasteiger partial charge is 0.289 e. The Labute approximate surface area is 202 Å². The van der Waals surface area contributed by atoms with E-state index in [4.69, 9.17) is 13.6 Å². The standard InChI is InChI=1S/C26H27N3O6/c1-18-5-2-6-19(15-18)24(31)29-21(23(30)27-16-20-7-3-13-33-20)17-35-26(29)9-11-28(12-10-26)25(32)22-8-4-14-34-22/h2-8,13-15,21H,9-12,16-17H2,1H3,(H,27,30). The molecule has 3 aromatic rings. The van der Waals surface area contributed by atoms with Crippen molar-refractivity contribution in [2.24, 2.45) is 0 Å². The lowest BCUT2D eigenvalue weighted by Gasteiger charge is -2.44. The van der Waals surface area contributed by atoms with Crippen molar-refractivity contribution in [2.75, 3.05) is 19.7 Å². The van der Waals surface area contributed by atoms with Gasteiger partial charge in [-0.2, -0.15) is 0 Å². The summed E-state index contributed by atoms with van der Waals surface area (Å²) in [5.41, 5.74) is 0.462. The molecule has 2 aliphatic heterocycles. The predicted octanol–water partition coefficient (Wildman–Crippen LogP) is 2.97. The lowest BCUT2D eigenvalue weighted by molar-refractivity contribution is -0.128. The fraction of sp³-hybridized carbons (Fsp3) is 0.346. The first-order valence-electron chi connectivity index (χ1n) is 11.6. The van der Waals surface area contributed by atoms with E-state index in [0.717, 1.165) is 5.56 Å². The predicted molar refractivity (Wildman–Crippen MR) is 124 cm³/mol. The van der Waals surface area contributed by atoms with Gasteiger partial charge >= 0.3 is 0 Å². The molecule has 0 aliphatic carbocycles. The number of ether oxygens (including phenoxy) is 1. The van der Waals surface area contributed by atoms with E-state index in [-0.39, 0.29) is 36.6 Å². The van der Waals surface area contributed by atoms with Gasteiger partial charge in [-0.15, -0.1) is 0 Å². The zero-order chi connectivity index (χ0) is 24.4. The molecule has 2 saturated heterocycles. The highest BCUT2D eigenvalue weighted by Crippen LogP contribution is 2.39. The van der Waals surface area contributed by atoms with Crippen LogP contribution in [0.4, 0.5) is 0 Å². The monoisotopic (exact) mass is 477 g/mol. The molecule has 2 aliphatic rings. The van der Waals surface area contributed by atoms with Crippen LogP contribution in [-0.4, -0.2) is 59.0 Å².